The lowest BCUT2D eigenvalue weighted by atomic mass is 10.1. The van der Waals surface area contributed by atoms with Crippen molar-refractivity contribution in [3.63, 3.8) is 0 Å². The summed E-state index contributed by atoms with van der Waals surface area (Å²) in [5, 5.41) is 13.7. The number of carbonyl (C=O) groups excluding carboxylic acids is 1. The van der Waals surface area contributed by atoms with Gasteiger partial charge >= 0.3 is 0 Å². The lowest BCUT2D eigenvalue weighted by molar-refractivity contribution is -0.384. The predicted octanol–water partition coefficient (Wildman–Crippen LogP) is 3.42. The molecule has 7 heteroatoms. The Morgan fingerprint density at radius 1 is 1.21 bits per heavy atom. The Balaban J connectivity index is 2.03. The standard InChI is InChI=1S/C17H16N4O3/c1-10-6-7-13(21(23)24)9-14(10)19-17(22)15-12(3)18-16-11(2)5-4-8-20(15)16/h4-9H,1-3H3,(H,19,22). The number of pyridine rings is 1. The summed E-state index contributed by atoms with van der Waals surface area (Å²) < 4.78 is 1.73. The van der Waals surface area contributed by atoms with Gasteiger partial charge in [-0.1, -0.05) is 12.1 Å². The fraction of sp³-hybridized carbons (Fsp3) is 0.176. The summed E-state index contributed by atoms with van der Waals surface area (Å²) >= 11 is 0. The van der Waals surface area contributed by atoms with Gasteiger partial charge in [-0.15, -0.1) is 0 Å². The van der Waals surface area contributed by atoms with Gasteiger partial charge in [0.25, 0.3) is 11.6 Å². The van der Waals surface area contributed by atoms with Gasteiger partial charge in [-0.3, -0.25) is 19.3 Å². The Labute approximate surface area is 138 Å². The minimum Gasteiger partial charge on any atom is -0.320 e. The van der Waals surface area contributed by atoms with Gasteiger partial charge < -0.3 is 5.32 Å². The Morgan fingerprint density at radius 3 is 2.67 bits per heavy atom. The molecular formula is C17H16N4O3. The van der Waals surface area contributed by atoms with Crippen molar-refractivity contribution in [2.75, 3.05) is 5.32 Å². The third-order valence-electron chi connectivity index (χ3n) is 3.91. The summed E-state index contributed by atoms with van der Waals surface area (Å²) in [6.07, 6.45) is 1.78. The van der Waals surface area contributed by atoms with Crippen LogP contribution in [0.3, 0.4) is 0 Å². The lowest BCUT2D eigenvalue weighted by Crippen LogP contribution is -2.16. The molecule has 7 nitrogen and oxygen atoms in total. The average Bonchev–Trinajstić information content (AvgIpc) is 2.87. The number of amides is 1. The maximum atomic E-state index is 12.7. The molecule has 0 unspecified atom stereocenters. The molecule has 2 aromatic heterocycles. The van der Waals surface area contributed by atoms with E-state index in [9.17, 15) is 14.9 Å². The first-order valence-electron chi connectivity index (χ1n) is 7.39. The second-order valence-electron chi connectivity index (χ2n) is 5.64. The number of nitrogens with zero attached hydrogens (tertiary/aromatic N) is 3. The average molecular weight is 324 g/mol. The summed E-state index contributed by atoms with van der Waals surface area (Å²) in [7, 11) is 0. The van der Waals surface area contributed by atoms with E-state index in [-0.39, 0.29) is 11.6 Å². The maximum absolute atomic E-state index is 12.7. The second kappa shape index (κ2) is 5.77. The highest BCUT2D eigenvalue weighted by Crippen LogP contribution is 2.23. The van der Waals surface area contributed by atoms with Crippen molar-refractivity contribution in [2.24, 2.45) is 0 Å². The number of nitro groups is 1. The first-order valence-corrected chi connectivity index (χ1v) is 7.39. The molecule has 0 saturated carbocycles. The smallest absolute Gasteiger partial charge is 0.274 e. The molecule has 0 fully saturated rings. The third-order valence-corrected chi connectivity index (χ3v) is 3.91. The number of non-ortho nitro benzene ring substituents is 1. The molecule has 24 heavy (non-hydrogen) atoms. The first kappa shape index (κ1) is 15.7. The molecule has 0 saturated heterocycles. The van der Waals surface area contributed by atoms with E-state index in [1.807, 2.05) is 19.1 Å². The number of nitro benzene ring substituents is 1. The summed E-state index contributed by atoms with van der Waals surface area (Å²) in [6.45, 7) is 5.47. The zero-order chi connectivity index (χ0) is 17.4. The molecule has 2 heterocycles. The summed E-state index contributed by atoms with van der Waals surface area (Å²) in [4.78, 5) is 27.6. The zero-order valence-electron chi connectivity index (χ0n) is 13.5. The Morgan fingerprint density at radius 2 is 1.96 bits per heavy atom. The SMILES string of the molecule is Cc1ccc([N+](=O)[O-])cc1NC(=O)c1c(C)nc2c(C)cccn12. The van der Waals surface area contributed by atoms with Crippen LogP contribution in [0.1, 0.15) is 27.3 Å². The predicted molar refractivity (Wildman–Crippen MR) is 90.5 cm³/mol. The molecule has 1 aromatic carbocycles. The Bertz CT molecular complexity index is 975. The third kappa shape index (κ3) is 2.60. The number of hydrogen-bond acceptors (Lipinski definition) is 4. The highest BCUT2D eigenvalue weighted by molar-refractivity contribution is 6.05. The van der Waals surface area contributed by atoms with Gasteiger partial charge in [0.05, 0.1) is 16.3 Å². The van der Waals surface area contributed by atoms with Crippen LogP contribution in [0.25, 0.3) is 5.65 Å². The quantitative estimate of drug-likeness (QED) is 0.590. The van der Waals surface area contributed by atoms with Crippen LogP contribution in [-0.2, 0) is 0 Å². The van der Waals surface area contributed by atoms with E-state index in [0.29, 0.717) is 17.1 Å². The van der Waals surface area contributed by atoms with Gasteiger partial charge in [0.2, 0.25) is 0 Å². The van der Waals surface area contributed by atoms with E-state index >= 15 is 0 Å². The van der Waals surface area contributed by atoms with E-state index in [1.165, 1.54) is 12.1 Å². The Hall–Kier alpha value is -3.22. The molecule has 0 aliphatic carbocycles. The van der Waals surface area contributed by atoms with Crippen molar-refractivity contribution in [1.82, 2.24) is 9.38 Å². The number of benzene rings is 1. The number of aromatic nitrogens is 2. The van der Waals surface area contributed by atoms with Gasteiger partial charge in [0.1, 0.15) is 11.3 Å². The van der Waals surface area contributed by atoms with Crippen molar-refractivity contribution >= 4 is 22.9 Å². The van der Waals surface area contributed by atoms with Crippen molar-refractivity contribution in [2.45, 2.75) is 20.8 Å². The van der Waals surface area contributed by atoms with Crippen molar-refractivity contribution in [3.05, 3.63) is 69.2 Å². The van der Waals surface area contributed by atoms with E-state index in [4.69, 9.17) is 0 Å². The molecule has 0 spiro atoms. The van der Waals surface area contributed by atoms with E-state index in [2.05, 4.69) is 10.3 Å². The van der Waals surface area contributed by atoms with Crippen LogP contribution in [-0.4, -0.2) is 20.2 Å². The number of hydrogen-bond donors (Lipinski definition) is 1. The van der Waals surface area contributed by atoms with Crippen molar-refractivity contribution < 1.29 is 9.72 Å². The van der Waals surface area contributed by atoms with Gasteiger partial charge in [-0.05, 0) is 38.0 Å². The number of imidazole rings is 1. The highest BCUT2D eigenvalue weighted by Gasteiger charge is 2.19. The summed E-state index contributed by atoms with van der Waals surface area (Å²) in [5.74, 6) is -0.353. The molecule has 0 aliphatic heterocycles. The van der Waals surface area contributed by atoms with Crippen LogP contribution in [0.5, 0.6) is 0 Å². The summed E-state index contributed by atoms with van der Waals surface area (Å²) in [6, 6.07) is 8.15. The molecule has 0 radical (unpaired) electrons. The van der Waals surface area contributed by atoms with Crippen LogP contribution < -0.4 is 5.32 Å². The number of rotatable bonds is 3. The lowest BCUT2D eigenvalue weighted by Gasteiger charge is -2.09. The summed E-state index contributed by atoms with van der Waals surface area (Å²) in [5.41, 5.74) is 3.79. The zero-order valence-corrected chi connectivity index (χ0v) is 13.5. The van der Waals surface area contributed by atoms with Crippen LogP contribution in [0, 0.1) is 30.9 Å². The second-order valence-corrected chi connectivity index (χ2v) is 5.64. The Kier molecular flexibility index (Phi) is 3.76. The van der Waals surface area contributed by atoms with Crippen molar-refractivity contribution in [1.29, 1.82) is 0 Å². The normalized spacial score (nSPS) is 10.8. The van der Waals surface area contributed by atoms with E-state index in [0.717, 1.165) is 16.8 Å². The van der Waals surface area contributed by atoms with Crippen LogP contribution in [0.4, 0.5) is 11.4 Å². The highest BCUT2D eigenvalue weighted by atomic mass is 16.6. The number of aryl methyl sites for hydroxylation is 3. The first-order chi connectivity index (χ1) is 11.4. The molecule has 0 aliphatic rings. The number of carbonyl (C=O) groups is 1. The van der Waals surface area contributed by atoms with E-state index in [1.54, 1.807) is 30.5 Å². The van der Waals surface area contributed by atoms with Gasteiger partial charge in [0.15, 0.2) is 0 Å². The molecule has 1 N–H and O–H groups in total. The number of fused-ring (bicyclic) bond motifs is 1. The fourth-order valence-corrected chi connectivity index (χ4v) is 2.63. The molecule has 1 amide bonds. The molecule has 3 rings (SSSR count). The minimum absolute atomic E-state index is 0.0680. The molecule has 0 bridgehead atoms. The minimum atomic E-state index is -0.488. The van der Waals surface area contributed by atoms with Gasteiger partial charge in [-0.25, -0.2) is 4.98 Å². The van der Waals surface area contributed by atoms with Gasteiger partial charge in [0, 0.05) is 18.3 Å². The topological polar surface area (TPSA) is 89.5 Å². The molecule has 0 atom stereocenters. The molecule has 122 valence electrons. The van der Waals surface area contributed by atoms with Crippen LogP contribution in [0.15, 0.2) is 36.5 Å². The fourth-order valence-electron chi connectivity index (χ4n) is 2.63. The van der Waals surface area contributed by atoms with Gasteiger partial charge in [-0.2, -0.15) is 0 Å². The molecule has 3 aromatic rings. The number of anilines is 1. The van der Waals surface area contributed by atoms with Crippen molar-refractivity contribution in [3.8, 4) is 0 Å². The molecular weight excluding hydrogens is 308 g/mol. The largest absolute Gasteiger partial charge is 0.320 e. The van der Waals surface area contributed by atoms with Crippen LogP contribution >= 0.6 is 0 Å². The monoisotopic (exact) mass is 324 g/mol. The maximum Gasteiger partial charge on any atom is 0.274 e. The van der Waals surface area contributed by atoms with Crippen LogP contribution in [0.2, 0.25) is 0 Å². The number of nitrogens with one attached hydrogen (secondary N) is 1. The van der Waals surface area contributed by atoms with E-state index < -0.39 is 4.92 Å².